The topological polar surface area (TPSA) is 26.3 Å². The number of benzene rings is 1. The summed E-state index contributed by atoms with van der Waals surface area (Å²) in [5.41, 5.74) is -0.00375. The van der Waals surface area contributed by atoms with Crippen molar-refractivity contribution in [3.63, 3.8) is 0 Å². The van der Waals surface area contributed by atoms with Gasteiger partial charge in [-0.25, -0.2) is 9.18 Å². The first kappa shape index (κ1) is 9.71. The van der Waals surface area contributed by atoms with Crippen LogP contribution in [0.4, 0.5) is 4.39 Å². The maximum atomic E-state index is 13.0. The number of hydrogen-bond acceptors (Lipinski definition) is 2. The van der Waals surface area contributed by atoms with Crippen LogP contribution in [0.25, 0.3) is 0 Å². The Morgan fingerprint density at radius 2 is 2.15 bits per heavy atom. The number of esters is 1. The third-order valence-electron chi connectivity index (χ3n) is 1.53. The largest absolute Gasteiger partial charge is 0.462 e. The zero-order valence-corrected chi connectivity index (χ0v) is 7.42. The second-order valence-electron chi connectivity index (χ2n) is 2.62. The molecular weight excluding hydrogens is 171 g/mol. The monoisotopic (exact) mass is 182 g/mol. The lowest BCUT2D eigenvalue weighted by molar-refractivity contribution is 0.0500. The van der Waals surface area contributed by atoms with Crippen LogP contribution < -0.4 is 0 Å². The van der Waals surface area contributed by atoms with Crippen LogP contribution in [-0.2, 0) is 4.74 Å². The van der Waals surface area contributed by atoms with Crippen LogP contribution in [0.3, 0.4) is 0 Å². The van der Waals surface area contributed by atoms with Gasteiger partial charge in [-0.1, -0.05) is 19.1 Å². The standard InChI is InChI=1S/C10H11FO2/c1-2-7-13-10(12)8-5-3-4-6-9(8)11/h3-6H,2,7H2,1H3. The number of rotatable bonds is 3. The Morgan fingerprint density at radius 3 is 2.77 bits per heavy atom. The number of carbonyl (C=O) groups excluding carboxylic acids is 1. The first-order valence-electron chi connectivity index (χ1n) is 4.17. The summed E-state index contributed by atoms with van der Waals surface area (Å²) >= 11 is 0. The van der Waals surface area contributed by atoms with E-state index in [1.165, 1.54) is 18.2 Å². The van der Waals surface area contributed by atoms with Gasteiger partial charge >= 0.3 is 5.97 Å². The molecule has 0 bridgehead atoms. The molecule has 0 radical (unpaired) electrons. The van der Waals surface area contributed by atoms with E-state index in [1.54, 1.807) is 6.07 Å². The average molecular weight is 182 g/mol. The van der Waals surface area contributed by atoms with E-state index < -0.39 is 11.8 Å². The first-order valence-corrected chi connectivity index (χ1v) is 4.17. The molecule has 0 amide bonds. The predicted octanol–water partition coefficient (Wildman–Crippen LogP) is 2.39. The summed E-state index contributed by atoms with van der Waals surface area (Å²) in [6.45, 7) is 2.21. The van der Waals surface area contributed by atoms with Gasteiger partial charge in [-0.3, -0.25) is 0 Å². The van der Waals surface area contributed by atoms with Crippen LogP contribution >= 0.6 is 0 Å². The summed E-state index contributed by atoms with van der Waals surface area (Å²) in [5, 5.41) is 0. The van der Waals surface area contributed by atoms with Crippen molar-refractivity contribution >= 4 is 5.97 Å². The van der Waals surface area contributed by atoms with Crippen molar-refractivity contribution in [3.8, 4) is 0 Å². The Balaban J connectivity index is 2.71. The minimum absolute atomic E-state index is 0.00375. The molecule has 3 heteroatoms. The lowest BCUT2D eigenvalue weighted by Crippen LogP contribution is -2.07. The summed E-state index contributed by atoms with van der Waals surface area (Å²) < 4.78 is 17.7. The molecule has 0 atom stereocenters. The molecular formula is C10H11FO2. The molecule has 0 saturated heterocycles. The number of ether oxygens (including phenoxy) is 1. The summed E-state index contributed by atoms with van der Waals surface area (Å²) in [7, 11) is 0. The molecule has 0 heterocycles. The van der Waals surface area contributed by atoms with E-state index in [9.17, 15) is 9.18 Å². The second kappa shape index (κ2) is 4.60. The van der Waals surface area contributed by atoms with E-state index >= 15 is 0 Å². The normalized spacial score (nSPS) is 9.69. The molecule has 1 aromatic carbocycles. The van der Waals surface area contributed by atoms with Crippen LogP contribution in [0.5, 0.6) is 0 Å². The fraction of sp³-hybridized carbons (Fsp3) is 0.300. The lowest BCUT2D eigenvalue weighted by Gasteiger charge is -2.02. The summed E-state index contributed by atoms with van der Waals surface area (Å²) in [4.78, 5) is 11.2. The van der Waals surface area contributed by atoms with E-state index in [0.29, 0.717) is 6.61 Å². The highest BCUT2D eigenvalue weighted by molar-refractivity contribution is 5.89. The molecule has 0 aliphatic rings. The third kappa shape index (κ3) is 2.54. The molecule has 0 spiro atoms. The van der Waals surface area contributed by atoms with Gasteiger partial charge in [0.05, 0.1) is 12.2 Å². The van der Waals surface area contributed by atoms with Crippen LogP contribution in [-0.4, -0.2) is 12.6 Å². The van der Waals surface area contributed by atoms with Gasteiger partial charge in [0.15, 0.2) is 0 Å². The Hall–Kier alpha value is -1.38. The highest BCUT2D eigenvalue weighted by Crippen LogP contribution is 2.07. The highest BCUT2D eigenvalue weighted by atomic mass is 19.1. The molecule has 0 fully saturated rings. The van der Waals surface area contributed by atoms with Crippen molar-refractivity contribution in [3.05, 3.63) is 35.6 Å². The summed E-state index contributed by atoms with van der Waals surface area (Å²) in [5.74, 6) is -1.14. The maximum Gasteiger partial charge on any atom is 0.341 e. The lowest BCUT2D eigenvalue weighted by atomic mass is 10.2. The number of carbonyl (C=O) groups is 1. The molecule has 0 saturated carbocycles. The SMILES string of the molecule is CCCOC(=O)c1ccccc1F. The molecule has 1 rings (SSSR count). The van der Waals surface area contributed by atoms with Gasteiger partial charge < -0.3 is 4.74 Å². The van der Waals surface area contributed by atoms with Crippen molar-refractivity contribution in [2.45, 2.75) is 13.3 Å². The molecule has 13 heavy (non-hydrogen) atoms. The van der Waals surface area contributed by atoms with E-state index in [1.807, 2.05) is 6.92 Å². The van der Waals surface area contributed by atoms with E-state index in [-0.39, 0.29) is 5.56 Å². The van der Waals surface area contributed by atoms with Crippen LogP contribution in [0.1, 0.15) is 23.7 Å². The van der Waals surface area contributed by atoms with Crippen LogP contribution in [0, 0.1) is 5.82 Å². The molecule has 0 aliphatic carbocycles. The molecule has 0 N–H and O–H groups in total. The van der Waals surface area contributed by atoms with E-state index in [4.69, 9.17) is 4.74 Å². The smallest absolute Gasteiger partial charge is 0.341 e. The summed E-state index contributed by atoms with van der Waals surface area (Å²) in [6, 6.07) is 5.79. The van der Waals surface area contributed by atoms with Gasteiger partial charge in [-0.15, -0.1) is 0 Å². The zero-order chi connectivity index (χ0) is 9.68. The minimum Gasteiger partial charge on any atom is -0.462 e. The molecule has 0 unspecified atom stereocenters. The quantitative estimate of drug-likeness (QED) is 0.671. The minimum atomic E-state index is -0.597. The van der Waals surface area contributed by atoms with Crippen LogP contribution in [0.2, 0.25) is 0 Å². The Kier molecular flexibility index (Phi) is 3.43. The fourth-order valence-electron chi connectivity index (χ4n) is 0.899. The third-order valence-corrected chi connectivity index (χ3v) is 1.53. The van der Waals surface area contributed by atoms with Crippen molar-refractivity contribution in [2.24, 2.45) is 0 Å². The number of halogens is 1. The van der Waals surface area contributed by atoms with Gasteiger partial charge in [0.25, 0.3) is 0 Å². The molecule has 0 aromatic heterocycles. The van der Waals surface area contributed by atoms with Gasteiger partial charge in [0.2, 0.25) is 0 Å². The molecule has 0 aliphatic heterocycles. The average Bonchev–Trinajstić information content (AvgIpc) is 2.15. The Morgan fingerprint density at radius 1 is 1.46 bits per heavy atom. The summed E-state index contributed by atoms with van der Waals surface area (Å²) in [6.07, 6.45) is 0.736. The second-order valence-corrected chi connectivity index (χ2v) is 2.62. The molecule has 1 aromatic rings. The maximum absolute atomic E-state index is 13.0. The predicted molar refractivity (Wildman–Crippen MR) is 47.0 cm³/mol. The van der Waals surface area contributed by atoms with Crippen molar-refractivity contribution in [1.82, 2.24) is 0 Å². The van der Waals surface area contributed by atoms with Gasteiger partial charge in [-0.05, 0) is 18.6 Å². The van der Waals surface area contributed by atoms with E-state index in [0.717, 1.165) is 6.42 Å². The van der Waals surface area contributed by atoms with Gasteiger partial charge in [0.1, 0.15) is 5.82 Å². The Bertz CT molecular complexity index is 297. The fourth-order valence-corrected chi connectivity index (χ4v) is 0.899. The van der Waals surface area contributed by atoms with Gasteiger partial charge in [0, 0.05) is 0 Å². The number of hydrogen-bond donors (Lipinski definition) is 0. The Labute approximate surface area is 76.3 Å². The highest BCUT2D eigenvalue weighted by Gasteiger charge is 2.10. The molecule has 70 valence electrons. The van der Waals surface area contributed by atoms with E-state index in [2.05, 4.69) is 0 Å². The zero-order valence-electron chi connectivity index (χ0n) is 7.42. The van der Waals surface area contributed by atoms with Gasteiger partial charge in [-0.2, -0.15) is 0 Å². The van der Waals surface area contributed by atoms with Crippen LogP contribution in [0.15, 0.2) is 24.3 Å². The van der Waals surface area contributed by atoms with Crippen molar-refractivity contribution in [2.75, 3.05) is 6.61 Å². The van der Waals surface area contributed by atoms with Crippen molar-refractivity contribution in [1.29, 1.82) is 0 Å². The first-order chi connectivity index (χ1) is 6.25. The molecule has 2 nitrogen and oxygen atoms in total. The van der Waals surface area contributed by atoms with Crippen molar-refractivity contribution < 1.29 is 13.9 Å².